The topological polar surface area (TPSA) is 73.2 Å². The first kappa shape index (κ1) is 23.3. The molecule has 2 fully saturated rings. The lowest BCUT2D eigenvalue weighted by atomic mass is 9.86. The second kappa shape index (κ2) is 9.68. The Morgan fingerprint density at radius 2 is 1.77 bits per heavy atom. The first-order chi connectivity index (χ1) is 16.9. The Labute approximate surface area is 206 Å². The Morgan fingerprint density at radius 1 is 1.00 bits per heavy atom. The van der Waals surface area contributed by atoms with Gasteiger partial charge in [0.1, 0.15) is 5.82 Å². The Morgan fingerprint density at radius 3 is 2.49 bits per heavy atom. The van der Waals surface area contributed by atoms with Gasteiger partial charge in [-0.15, -0.1) is 0 Å². The molecule has 0 aliphatic heterocycles. The average Bonchev–Trinajstić information content (AvgIpc) is 3.57. The molecule has 1 heterocycles. The van der Waals surface area contributed by atoms with Crippen LogP contribution in [-0.4, -0.2) is 28.3 Å². The van der Waals surface area contributed by atoms with Gasteiger partial charge in [-0.3, -0.25) is 9.59 Å². The van der Waals surface area contributed by atoms with Gasteiger partial charge in [0.15, 0.2) is 6.61 Å². The second-order valence-electron chi connectivity index (χ2n) is 10.3. The van der Waals surface area contributed by atoms with Crippen LogP contribution in [0.2, 0.25) is 0 Å². The maximum Gasteiger partial charge on any atom is 0.306 e. The number of esters is 1. The summed E-state index contributed by atoms with van der Waals surface area (Å²) >= 11 is 0. The molecule has 5 rings (SSSR count). The predicted octanol–water partition coefficient (Wildman–Crippen LogP) is 5.77. The fourth-order valence-corrected chi connectivity index (χ4v) is 5.83. The molecule has 1 N–H and O–H groups in total. The van der Waals surface area contributed by atoms with Crippen LogP contribution in [0.25, 0.3) is 16.9 Å². The van der Waals surface area contributed by atoms with Crippen LogP contribution >= 0.6 is 0 Å². The molecule has 0 spiro atoms. The zero-order chi connectivity index (χ0) is 24.5. The molecule has 0 unspecified atom stereocenters. The smallest absolute Gasteiger partial charge is 0.306 e. The number of nitrogens with zero attached hydrogens (tertiary/aromatic N) is 2. The van der Waals surface area contributed by atoms with Crippen LogP contribution in [0, 0.1) is 38.5 Å². The monoisotopic (exact) mass is 471 g/mol. The number of amides is 1. The SMILES string of the molecule is Cc1cc(C)c(-c2cc(NC(=O)COC(=O)C[C@@H]3C[C@H]4CC[C@@H]3C4)n(-c3ccccc3)n2)cc1C. The number of hydrogen-bond donors (Lipinski definition) is 1. The molecule has 6 nitrogen and oxygen atoms in total. The van der Waals surface area contributed by atoms with E-state index in [4.69, 9.17) is 9.84 Å². The molecule has 2 aromatic carbocycles. The van der Waals surface area contributed by atoms with Crippen LogP contribution in [0.3, 0.4) is 0 Å². The zero-order valence-electron chi connectivity index (χ0n) is 20.7. The van der Waals surface area contributed by atoms with E-state index >= 15 is 0 Å². The lowest BCUT2D eigenvalue weighted by molar-refractivity contribution is -0.148. The molecule has 182 valence electrons. The predicted molar refractivity (Wildman–Crippen MR) is 136 cm³/mol. The average molecular weight is 472 g/mol. The minimum atomic E-state index is -0.369. The number of aryl methyl sites for hydroxylation is 3. The van der Waals surface area contributed by atoms with Gasteiger partial charge < -0.3 is 10.1 Å². The highest BCUT2D eigenvalue weighted by Crippen LogP contribution is 2.49. The molecular formula is C29H33N3O3. The molecule has 0 radical (unpaired) electrons. The third kappa shape index (κ3) is 5.02. The van der Waals surface area contributed by atoms with Gasteiger partial charge in [0.2, 0.25) is 0 Å². The maximum absolute atomic E-state index is 12.7. The maximum atomic E-state index is 12.7. The van der Waals surface area contributed by atoms with E-state index in [0.717, 1.165) is 34.8 Å². The molecule has 3 atom stereocenters. The molecule has 0 saturated heterocycles. The van der Waals surface area contributed by atoms with Crippen molar-refractivity contribution in [1.29, 1.82) is 0 Å². The number of nitrogens with one attached hydrogen (secondary N) is 1. The first-order valence-corrected chi connectivity index (χ1v) is 12.6. The van der Waals surface area contributed by atoms with Crippen molar-refractivity contribution in [3.8, 4) is 16.9 Å². The fraction of sp³-hybridized carbons (Fsp3) is 0.414. The van der Waals surface area contributed by atoms with Crippen molar-refractivity contribution in [1.82, 2.24) is 9.78 Å². The summed E-state index contributed by atoms with van der Waals surface area (Å²) < 4.78 is 7.07. The molecule has 2 saturated carbocycles. The van der Waals surface area contributed by atoms with Crippen LogP contribution in [-0.2, 0) is 14.3 Å². The summed E-state index contributed by atoms with van der Waals surface area (Å²) in [5, 5.41) is 7.72. The number of carbonyl (C=O) groups is 2. The van der Waals surface area contributed by atoms with Crippen LogP contribution in [0.15, 0.2) is 48.5 Å². The highest BCUT2D eigenvalue weighted by atomic mass is 16.5. The Hall–Kier alpha value is -3.41. The van der Waals surface area contributed by atoms with Gasteiger partial charge >= 0.3 is 5.97 Å². The summed E-state index contributed by atoms with van der Waals surface area (Å²) in [5.74, 6) is 1.77. The number of hydrogen-bond acceptors (Lipinski definition) is 4. The first-order valence-electron chi connectivity index (χ1n) is 12.6. The van der Waals surface area contributed by atoms with E-state index in [9.17, 15) is 9.59 Å². The molecule has 1 amide bonds. The Balaban J connectivity index is 1.30. The number of benzene rings is 2. The van der Waals surface area contributed by atoms with Crippen molar-refractivity contribution in [2.24, 2.45) is 17.8 Å². The number of ether oxygens (including phenoxy) is 1. The van der Waals surface area contributed by atoms with Gasteiger partial charge in [-0.05, 0) is 92.7 Å². The van der Waals surface area contributed by atoms with E-state index in [0.29, 0.717) is 24.1 Å². The van der Waals surface area contributed by atoms with Crippen LogP contribution < -0.4 is 5.32 Å². The van der Waals surface area contributed by atoms with Crippen molar-refractivity contribution in [2.45, 2.75) is 52.9 Å². The largest absolute Gasteiger partial charge is 0.456 e. The minimum Gasteiger partial charge on any atom is -0.456 e. The number of fused-ring (bicyclic) bond motifs is 2. The lowest BCUT2D eigenvalue weighted by Crippen LogP contribution is -2.24. The lowest BCUT2D eigenvalue weighted by Gasteiger charge is -2.20. The summed E-state index contributed by atoms with van der Waals surface area (Å²) in [5.41, 5.74) is 6.18. The third-order valence-corrected chi connectivity index (χ3v) is 7.77. The Bertz CT molecular complexity index is 1250. The van der Waals surface area contributed by atoms with Crippen LogP contribution in [0.5, 0.6) is 0 Å². The van der Waals surface area contributed by atoms with Crippen molar-refractivity contribution in [3.63, 3.8) is 0 Å². The minimum absolute atomic E-state index is 0.277. The molecule has 6 heteroatoms. The van der Waals surface area contributed by atoms with Gasteiger partial charge in [0.05, 0.1) is 11.4 Å². The van der Waals surface area contributed by atoms with Crippen molar-refractivity contribution in [2.75, 3.05) is 11.9 Å². The number of carbonyl (C=O) groups excluding carboxylic acids is 2. The standard InChI is InChI=1S/C29H33N3O3/c1-18-11-20(3)25(12-19(18)2)26-16-27(32(31-26)24-7-5-4-6-8-24)30-28(33)17-35-29(34)15-23-14-21-9-10-22(23)13-21/h4-8,11-12,16,21-23H,9-10,13-15,17H2,1-3H3,(H,30,33)/t21-,22+,23-/m0/s1. The number of aromatic nitrogens is 2. The zero-order valence-corrected chi connectivity index (χ0v) is 20.7. The van der Waals surface area contributed by atoms with E-state index < -0.39 is 0 Å². The highest BCUT2D eigenvalue weighted by molar-refractivity contribution is 5.93. The number of anilines is 1. The van der Waals surface area contributed by atoms with E-state index in [1.54, 1.807) is 4.68 Å². The van der Waals surface area contributed by atoms with E-state index in [-0.39, 0.29) is 18.5 Å². The number of rotatable bonds is 7. The summed E-state index contributed by atoms with van der Waals surface area (Å²) in [4.78, 5) is 25.1. The molecule has 2 aliphatic carbocycles. The van der Waals surface area contributed by atoms with Gasteiger partial charge in [0.25, 0.3) is 5.91 Å². The van der Waals surface area contributed by atoms with Gasteiger partial charge in [0, 0.05) is 18.1 Å². The van der Waals surface area contributed by atoms with Crippen LogP contribution in [0.4, 0.5) is 5.82 Å². The number of para-hydroxylation sites is 1. The molecule has 2 aliphatic rings. The molecule has 2 bridgehead atoms. The summed E-state index contributed by atoms with van der Waals surface area (Å²) in [6.07, 6.45) is 5.34. The molecule has 1 aromatic heterocycles. The summed E-state index contributed by atoms with van der Waals surface area (Å²) in [6, 6.07) is 15.8. The van der Waals surface area contributed by atoms with E-state index in [2.05, 4.69) is 38.2 Å². The Kier molecular flexibility index (Phi) is 6.46. The highest BCUT2D eigenvalue weighted by Gasteiger charge is 2.40. The molecule has 35 heavy (non-hydrogen) atoms. The summed E-state index contributed by atoms with van der Waals surface area (Å²) in [7, 11) is 0. The van der Waals surface area contributed by atoms with Crippen molar-refractivity contribution < 1.29 is 14.3 Å². The van der Waals surface area contributed by atoms with Crippen molar-refractivity contribution in [3.05, 3.63) is 65.2 Å². The summed E-state index contributed by atoms with van der Waals surface area (Å²) in [6.45, 7) is 5.95. The van der Waals surface area contributed by atoms with Crippen LogP contribution in [0.1, 0.15) is 48.8 Å². The normalized spacial score (nSPS) is 20.7. The molecular weight excluding hydrogens is 438 g/mol. The second-order valence-corrected chi connectivity index (χ2v) is 10.3. The van der Waals surface area contributed by atoms with Gasteiger partial charge in [-0.1, -0.05) is 30.7 Å². The van der Waals surface area contributed by atoms with Gasteiger partial charge in [-0.25, -0.2) is 4.68 Å². The van der Waals surface area contributed by atoms with E-state index in [1.807, 2.05) is 36.4 Å². The van der Waals surface area contributed by atoms with E-state index in [1.165, 1.54) is 30.4 Å². The molecule has 3 aromatic rings. The quantitative estimate of drug-likeness (QED) is 0.444. The van der Waals surface area contributed by atoms with Gasteiger partial charge in [-0.2, -0.15) is 5.10 Å². The van der Waals surface area contributed by atoms with Crippen molar-refractivity contribution >= 4 is 17.7 Å². The fourth-order valence-electron chi connectivity index (χ4n) is 5.83. The third-order valence-electron chi connectivity index (χ3n) is 7.77.